The topological polar surface area (TPSA) is 49.7 Å². The molecule has 4 aromatic rings. The first-order valence-electron chi connectivity index (χ1n) is 15.3. The highest BCUT2D eigenvalue weighted by molar-refractivity contribution is 5.93. The molecule has 39 heavy (non-hydrogen) atoms. The molecular weight excluding hydrogens is 480 g/mol. The van der Waals surface area contributed by atoms with Crippen LogP contribution in [-0.2, 0) is 12.8 Å². The van der Waals surface area contributed by atoms with Crippen molar-refractivity contribution in [1.29, 1.82) is 0 Å². The Morgan fingerprint density at radius 2 is 1.15 bits per heavy atom. The van der Waals surface area contributed by atoms with E-state index < -0.39 is 0 Å². The number of unbranched alkanes of at least 4 members (excludes halogenated alkanes) is 10. The minimum atomic E-state index is 0.309. The maximum absolute atomic E-state index is 10.5. The first-order valence-corrected chi connectivity index (χ1v) is 15.3. The van der Waals surface area contributed by atoms with E-state index in [2.05, 4.69) is 32.0 Å². The summed E-state index contributed by atoms with van der Waals surface area (Å²) in [4.78, 5) is 0. The van der Waals surface area contributed by atoms with Crippen molar-refractivity contribution < 1.29 is 14.9 Å². The zero-order valence-corrected chi connectivity index (χ0v) is 24.0. The van der Waals surface area contributed by atoms with Gasteiger partial charge in [0.25, 0.3) is 0 Å². The third kappa shape index (κ3) is 7.68. The summed E-state index contributed by atoms with van der Waals surface area (Å²) in [6.07, 6.45) is 16.9. The van der Waals surface area contributed by atoms with Crippen LogP contribution in [0.4, 0.5) is 0 Å². The first kappa shape index (κ1) is 28.8. The lowest BCUT2D eigenvalue weighted by Gasteiger charge is -2.16. The molecule has 3 nitrogen and oxygen atoms in total. The van der Waals surface area contributed by atoms with Crippen molar-refractivity contribution in [2.45, 2.75) is 104 Å². The monoisotopic (exact) mass is 526 g/mol. The number of ether oxygens (including phenoxy) is 1. The molecule has 0 saturated heterocycles. The van der Waals surface area contributed by atoms with Crippen LogP contribution in [0.2, 0.25) is 0 Å². The van der Waals surface area contributed by atoms with Gasteiger partial charge in [-0.15, -0.1) is 0 Å². The van der Waals surface area contributed by atoms with Crippen molar-refractivity contribution in [1.82, 2.24) is 0 Å². The van der Waals surface area contributed by atoms with Crippen LogP contribution in [0.3, 0.4) is 0 Å². The highest BCUT2D eigenvalue weighted by atomic mass is 16.5. The molecule has 0 saturated carbocycles. The fraction of sp³-hybridized carbons (Fsp3) is 0.444. The van der Waals surface area contributed by atoms with Gasteiger partial charge in [-0.1, -0.05) is 96.3 Å². The van der Waals surface area contributed by atoms with Gasteiger partial charge in [0, 0.05) is 16.3 Å². The molecule has 0 atom stereocenters. The Bertz CT molecular complexity index is 1340. The summed E-state index contributed by atoms with van der Waals surface area (Å²) in [7, 11) is 0. The second kappa shape index (κ2) is 14.8. The molecule has 4 rings (SSSR count). The molecule has 4 aromatic carbocycles. The first-order chi connectivity index (χ1) is 19.1. The van der Waals surface area contributed by atoms with Crippen molar-refractivity contribution in [2.24, 2.45) is 0 Å². The zero-order valence-electron chi connectivity index (χ0n) is 24.0. The number of phenols is 2. The predicted octanol–water partition coefficient (Wildman–Crippen LogP) is 11.0. The van der Waals surface area contributed by atoms with Crippen LogP contribution >= 0.6 is 0 Å². The van der Waals surface area contributed by atoms with Crippen LogP contribution in [0.1, 0.15) is 102 Å². The molecule has 0 amide bonds. The number of hydrogen-bond acceptors (Lipinski definition) is 3. The van der Waals surface area contributed by atoms with Crippen molar-refractivity contribution in [3.05, 3.63) is 71.8 Å². The second-order valence-electron chi connectivity index (χ2n) is 11.0. The molecule has 0 fully saturated rings. The molecule has 0 radical (unpaired) electrons. The van der Waals surface area contributed by atoms with Crippen molar-refractivity contribution in [3.63, 3.8) is 0 Å². The fourth-order valence-electron chi connectivity index (χ4n) is 5.69. The van der Waals surface area contributed by atoms with Crippen LogP contribution in [0.15, 0.2) is 60.7 Å². The van der Waals surface area contributed by atoms with E-state index in [1.807, 2.05) is 36.4 Å². The van der Waals surface area contributed by atoms with E-state index in [4.69, 9.17) is 4.74 Å². The third-order valence-electron chi connectivity index (χ3n) is 7.97. The summed E-state index contributed by atoms with van der Waals surface area (Å²) in [5.41, 5.74) is 2.42. The summed E-state index contributed by atoms with van der Waals surface area (Å²) in [5, 5.41) is 24.9. The number of benzene rings is 4. The van der Waals surface area contributed by atoms with Gasteiger partial charge < -0.3 is 14.9 Å². The number of phenolic OH excluding ortho intramolecular Hbond substituents is 2. The second-order valence-corrected chi connectivity index (χ2v) is 11.0. The zero-order chi connectivity index (χ0) is 27.5. The molecule has 2 N–H and O–H groups in total. The minimum absolute atomic E-state index is 0.309. The fourth-order valence-corrected chi connectivity index (χ4v) is 5.69. The Balaban J connectivity index is 1.57. The van der Waals surface area contributed by atoms with Crippen molar-refractivity contribution in [2.75, 3.05) is 0 Å². The van der Waals surface area contributed by atoms with E-state index in [9.17, 15) is 10.2 Å². The highest BCUT2D eigenvalue weighted by Gasteiger charge is 2.14. The average molecular weight is 527 g/mol. The lowest BCUT2D eigenvalue weighted by molar-refractivity contribution is 0.474. The normalized spacial score (nSPS) is 11.4. The molecule has 0 aromatic heterocycles. The van der Waals surface area contributed by atoms with E-state index in [1.165, 1.54) is 69.8 Å². The van der Waals surface area contributed by atoms with Gasteiger partial charge in [-0.3, -0.25) is 0 Å². The van der Waals surface area contributed by atoms with Crippen molar-refractivity contribution >= 4 is 21.5 Å². The molecule has 0 aliphatic carbocycles. The molecule has 3 heteroatoms. The maximum atomic E-state index is 10.5. The van der Waals surface area contributed by atoms with E-state index in [0.29, 0.717) is 11.5 Å². The lowest BCUT2D eigenvalue weighted by atomic mass is 9.97. The Kier molecular flexibility index (Phi) is 10.9. The maximum Gasteiger partial charge on any atom is 0.131 e. The lowest BCUT2D eigenvalue weighted by Crippen LogP contribution is -1.96. The molecular formula is C36H46O3. The Labute approximate surface area is 234 Å². The van der Waals surface area contributed by atoms with Gasteiger partial charge in [-0.2, -0.15) is 0 Å². The number of hydrogen-bond donors (Lipinski definition) is 2. The highest BCUT2D eigenvalue weighted by Crippen LogP contribution is 2.38. The predicted molar refractivity (Wildman–Crippen MR) is 165 cm³/mol. The van der Waals surface area contributed by atoms with Gasteiger partial charge in [-0.25, -0.2) is 0 Å². The number of aryl methyl sites for hydroxylation is 2. The van der Waals surface area contributed by atoms with E-state index in [0.717, 1.165) is 64.3 Å². The van der Waals surface area contributed by atoms with Gasteiger partial charge in [0.15, 0.2) is 0 Å². The average Bonchev–Trinajstić information content (AvgIpc) is 2.94. The Morgan fingerprint density at radius 3 is 1.90 bits per heavy atom. The van der Waals surface area contributed by atoms with Gasteiger partial charge in [0.2, 0.25) is 0 Å². The van der Waals surface area contributed by atoms with Gasteiger partial charge >= 0.3 is 0 Å². The quantitative estimate of drug-likeness (QED) is 0.143. The largest absolute Gasteiger partial charge is 0.507 e. The van der Waals surface area contributed by atoms with Crippen LogP contribution in [-0.4, -0.2) is 10.2 Å². The van der Waals surface area contributed by atoms with Gasteiger partial charge in [0.1, 0.15) is 23.0 Å². The summed E-state index contributed by atoms with van der Waals surface area (Å²) in [6.45, 7) is 4.50. The summed E-state index contributed by atoms with van der Waals surface area (Å²) in [5.74, 6) is 2.25. The number of aromatic hydroxyl groups is 2. The van der Waals surface area contributed by atoms with E-state index >= 15 is 0 Å². The molecule has 0 unspecified atom stereocenters. The summed E-state index contributed by atoms with van der Waals surface area (Å²) in [6, 6.07) is 19.6. The van der Waals surface area contributed by atoms with E-state index in [-0.39, 0.29) is 0 Å². The molecule has 208 valence electrons. The molecule has 0 spiro atoms. The molecule has 0 bridgehead atoms. The van der Waals surface area contributed by atoms with Crippen LogP contribution in [0, 0.1) is 0 Å². The summed E-state index contributed by atoms with van der Waals surface area (Å²) < 4.78 is 6.56. The Morgan fingerprint density at radius 1 is 0.538 bits per heavy atom. The number of fused-ring (bicyclic) bond motifs is 2. The van der Waals surface area contributed by atoms with E-state index in [1.54, 1.807) is 6.07 Å². The smallest absolute Gasteiger partial charge is 0.131 e. The molecule has 0 heterocycles. The van der Waals surface area contributed by atoms with Crippen LogP contribution in [0.25, 0.3) is 21.5 Å². The Hall–Kier alpha value is -3.20. The SMILES string of the molecule is CCCCCCCCc1ccc(O)c2ccc(Oc3ccc4c(O)cccc4c3CCCCCCCC)cc12. The molecule has 0 aliphatic rings. The molecule has 0 aliphatic heterocycles. The van der Waals surface area contributed by atoms with Crippen LogP contribution < -0.4 is 4.74 Å². The van der Waals surface area contributed by atoms with Crippen LogP contribution in [0.5, 0.6) is 23.0 Å². The standard InChI is InChI=1S/C36H46O3/c1-3-5-7-9-11-13-16-27-20-24-35(38)31-22-21-28(26-33(27)31)39-36-25-23-30-29(18-15-19-34(30)37)32(36)17-14-12-10-8-6-4-2/h15,18-26,37-38H,3-14,16-17H2,1-2H3. The number of rotatable bonds is 16. The van der Waals surface area contributed by atoms with Gasteiger partial charge in [-0.05, 0) is 84.5 Å². The van der Waals surface area contributed by atoms with Gasteiger partial charge in [0.05, 0.1) is 0 Å². The van der Waals surface area contributed by atoms with Crippen molar-refractivity contribution in [3.8, 4) is 23.0 Å². The third-order valence-corrected chi connectivity index (χ3v) is 7.97. The minimum Gasteiger partial charge on any atom is -0.507 e. The summed E-state index contributed by atoms with van der Waals surface area (Å²) >= 11 is 0.